The van der Waals surface area contributed by atoms with E-state index in [2.05, 4.69) is 16.8 Å². The smallest absolute Gasteiger partial charge is 0.185 e. The standard InChI is InChI=1S/C18H19NO4S/c1-13-17(9-11-23-13)24(20,21)18-14(6-5-10-22-2)12-19-16-8-4-3-7-15(16)18/h3-4,7-8,12-13,17H,9-11H2,1-2H3. The third-order valence-electron chi connectivity index (χ3n) is 4.16. The summed E-state index contributed by atoms with van der Waals surface area (Å²) in [5.41, 5.74) is 1.05. The number of rotatable bonds is 3. The van der Waals surface area contributed by atoms with Gasteiger partial charge in [-0.25, -0.2) is 8.42 Å². The van der Waals surface area contributed by atoms with E-state index in [0.29, 0.717) is 29.5 Å². The first kappa shape index (κ1) is 16.9. The van der Waals surface area contributed by atoms with Crippen molar-refractivity contribution in [2.75, 3.05) is 20.3 Å². The largest absolute Gasteiger partial charge is 0.377 e. The molecule has 1 aromatic carbocycles. The highest BCUT2D eigenvalue weighted by molar-refractivity contribution is 7.92. The molecule has 1 aliphatic rings. The predicted octanol–water partition coefficient (Wildman–Crippen LogP) is 2.18. The molecule has 1 aliphatic heterocycles. The van der Waals surface area contributed by atoms with Crippen LogP contribution in [0.25, 0.3) is 10.9 Å². The number of fused-ring (bicyclic) bond motifs is 1. The van der Waals surface area contributed by atoms with Crippen molar-refractivity contribution in [1.82, 2.24) is 4.98 Å². The third kappa shape index (κ3) is 3.03. The van der Waals surface area contributed by atoms with E-state index in [4.69, 9.17) is 9.47 Å². The van der Waals surface area contributed by atoms with Crippen molar-refractivity contribution in [3.8, 4) is 11.8 Å². The molecular formula is C18H19NO4S. The minimum atomic E-state index is -3.59. The summed E-state index contributed by atoms with van der Waals surface area (Å²) >= 11 is 0. The van der Waals surface area contributed by atoms with Crippen LogP contribution in [0.1, 0.15) is 18.9 Å². The van der Waals surface area contributed by atoms with Crippen molar-refractivity contribution < 1.29 is 17.9 Å². The zero-order chi connectivity index (χ0) is 17.2. The van der Waals surface area contributed by atoms with Crippen LogP contribution in [0.2, 0.25) is 0 Å². The highest BCUT2D eigenvalue weighted by Gasteiger charge is 2.38. The predicted molar refractivity (Wildman–Crippen MR) is 91.5 cm³/mol. The van der Waals surface area contributed by atoms with Gasteiger partial charge in [-0.1, -0.05) is 30.0 Å². The molecule has 0 saturated carbocycles. The first-order valence-corrected chi connectivity index (χ1v) is 9.31. The Bertz CT molecular complexity index is 911. The Morgan fingerprint density at radius 3 is 2.88 bits per heavy atom. The second-order valence-electron chi connectivity index (χ2n) is 5.70. The summed E-state index contributed by atoms with van der Waals surface area (Å²) in [5.74, 6) is 5.72. The van der Waals surface area contributed by atoms with Crippen molar-refractivity contribution in [3.05, 3.63) is 36.0 Å². The number of para-hydroxylation sites is 1. The second kappa shape index (κ2) is 6.89. The molecule has 2 aromatic rings. The van der Waals surface area contributed by atoms with Crippen molar-refractivity contribution in [2.24, 2.45) is 0 Å². The molecule has 2 unspecified atom stereocenters. The molecule has 0 spiro atoms. The van der Waals surface area contributed by atoms with Gasteiger partial charge < -0.3 is 9.47 Å². The van der Waals surface area contributed by atoms with Gasteiger partial charge in [0.2, 0.25) is 0 Å². The fraction of sp³-hybridized carbons (Fsp3) is 0.389. The average molecular weight is 345 g/mol. The quantitative estimate of drug-likeness (QED) is 0.798. The first-order valence-electron chi connectivity index (χ1n) is 7.76. The molecule has 3 rings (SSSR count). The molecule has 24 heavy (non-hydrogen) atoms. The minimum absolute atomic E-state index is 0.231. The second-order valence-corrected chi connectivity index (χ2v) is 7.80. The molecular weight excluding hydrogens is 326 g/mol. The lowest BCUT2D eigenvalue weighted by Gasteiger charge is -2.17. The van der Waals surface area contributed by atoms with E-state index in [1.165, 1.54) is 6.20 Å². The van der Waals surface area contributed by atoms with Crippen molar-refractivity contribution >= 4 is 20.7 Å². The summed E-state index contributed by atoms with van der Waals surface area (Å²) in [6.07, 6.45) is 1.69. The maximum absolute atomic E-state index is 13.3. The molecule has 2 atom stereocenters. The van der Waals surface area contributed by atoms with Crippen molar-refractivity contribution in [2.45, 2.75) is 29.6 Å². The molecule has 5 nitrogen and oxygen atoms in total. The zero-order valence-electron chi connectivity index (χ0n) is 13.7. The molecule has 6 heteroatoms. The van der Waals surface area contributed by atoms with Gasteiger partial charge in [0.15, 0.2) is 9.84 Å². The maximum atomic E-state index is 13.3. The Balaban J connectivity index is 2.24. The molecule has 2 heterocycles. The molecule has 126 valence electrons. The molecule has 0 bridgehead atoms. The van der Waals surface area contributed by atoms with Gasteiger partial charge in [0.25, 0.3) is 0 Å². The lowest BCUT2D eigenvalue weighted by Crippen LogP contribution is -2.29. The number of hydrogen-bond donors (Lipinski definition) is 0. The van der Waals surface area contributed by atoms with Gasteiger partial charge in [-0.3, -0.25) is 4.98 Å². The Hall–Kier alpha value is -1.94. The van der Waals surface area contributed by atoms with E-state index in [-0.39, 0.29) is 17.6 Å². The zero-order valence-corrected chi connectivity index (χ0v) is 14.5. The van der Waals surface area contributed by atoms with E-state index < -0.39 is 15.1 Å². The van der Waals surface area contributed by atoms with Gasteiger partial charge >= 0.3 is 0 Å². The SMILES string of the molecule is COCC#Cc1cnc2ccccc2c1S(=O)(=O)C1CCOC1C. The number of hydrogen-bond acceptors (Lipinski definition) is 5. The van der Waals surface area contributed by atoms with E-state index in [1.54, 1.807) is 26.2 Å². The van der Waals surface area contributed by atoms with Crippen LogP contribution >= 0.6 is 0 Å². The van der Waals surface area contributed by atoms with Gasteiger partial charge in [-0.05, 0) is 19.4 Å². The summed E-state index contributed by atoms with van der Waals surface area (Å²) in [4.78, 5) is 4.59. The molecule has 1 fully saturated rings. The monoisotopic (exact) mass is 345 g/mol. The number of aromatic nitrogens is 1. The Labute approximate surface area is 141 Å². The minimum Gasteiger partial charge on any atom is -0.377 e. The summed E-state index contributed by atoms with van der Waals surface area (Å²) < 4.78 is 37.0. The summed E-state index contributed by atoms with van der Waals surface area (Å²) in [7, 11) is -2.05. The Kier molecular flexibility index (Phi) is 4.86. The first-order chi connectivity index (χ1) is 11.6. The lowest BCUT2D eigenvalue weighted by molar-refractivity contribution is 0.126. The third-order valence-corrected chi connectivity index (χ3v) is 6.58. The van der Waals surface area contributed by atoms with Gasteiger partial charge in [-0.2, -0.15) is 0 Å². The van der Waals surface area contributed by atoms with E-state index in [9.17, 15) is 8.42 Å². The van der Waals surface area contributed by atoms with Crippen molar-refractivity contribution in [3.63, 3.8) is 0 Å². The van der Waals surface area contributed by atoms with Crippen LogP contribution in [0.3, 0.4) is 0 Å². The lowest BCUT2D eigenvalue weighted by atomic mass is 10.1. The normalized spacial score (nSPS) is 20.8. The van der Waals surface area contributed by atoms with Gasteiger partial charge in [-0.15, -0.1) is 0 Å². The van der Waals surface area contributed by atoms with Crippen LogP contribution in [-0.4, -0.2) is 45.1 Å². The Morgan fingerprint density at radius 1 is 1.38 bits per heavy atom. The molecule has 0 N–H and O–H groups in total. The van der Waals surface area contributed by atoms with E-state index >= 15 is 0 Å². The number of benzene rings is 1. The molecule has 1 aromatic heterocycles. The maximum Gasteiger partial charge on any atom is 0.185 e. The van der Waals surface area contributed by atoms with Gasteiger partial charge in [0.1, 0.15) is 6.61 Å². The Morgan fingerprint density at radius 2 is 2.17 bits per heavy atom. The molecule has 0 radical (unpaired) electrons. The summed E-state index contributed by atoms with van der Waals surface area (Å²) in [5, 5.41) is 0.0344. The van der Waals surface area contributed by atoms with Crippen molar-refractivity contribution in [1.29, 1.82) is 0 Å². The number of ether oxygens (including phenoxy) is 2. The highest BCUT2D eigenvalue weighted by atomic mass is 32.2. The molecule has 0 aliphatic carbocycles. The fourth-order valence-electron chi connectivity index (χ4n) is 2.99. The highest BCUT2D eigenvalue weighted by Crippen LogP contribution is 2.33. The van der Waals surface area contributed by atoms with E-state index in [0.717, 1.165) is 0 Å². The van der Waals surface area contributed by atoms with Crippen LogP contribution in [0, 0.1) is 11.8 Å². The number of methoxy groups -OCH3 is 1. The van der Waals surface area contributed by atoms with Crippen LogP contribution in [0.4, 0.5) is 0 Å². The number of nitrogens with zero attached hydrogens (tertiary/aromatic N) is 1. The van der Waals surface area contributed by atoms with Gasteiger partial charge in [0.05, 0.1) is 27.3 Å². The van der Waals surface area contributed by atoms with Crippen LogP contribution in [-0.2, 0) is 19.3 Å². The molecule has 0 amide bonds. The fourth-order valence-corrected chi connectivity index (χ4v) is 5.17. The topological polar surface area (TPSA) is 65.5 Å². The van der Waals surface area contributed by atoms with Gasteiger partial charge in [0, 0.05) is 25.3 Å². The summed E-state index contributed by atoms with van der Waals surface area (Å²) in [6.45, 7) is 2.49. The van der Waals surface area contributed by atoms with Crippen LogP contribution < -0.4 is 0 Å². The average Bonchev–Trinajstić information content (AvgIpc) is 3.01. The number of sulfone groups is 1. The summed E-state index contributed by atoms with van der Waals surface area (Å²) in [6, 6.07) is 7.22. The van der Waals surface area contributed by atoms with Crippen LogP contribution in [0.5, 0.6) is 0 Å². The molecule has 1 saturated heterocycles. The van der Waals surface area contributed by atoms with E-state index in [1.807, 2.05) is 12.1 Å². The number of pyridine rings is 1. The van der Waals surface area contributed by atoms with Crippen LogP contribution in [0.15, 0.2) is 35.4 Å².